The molecule has 3 nitrogen and oxygen atoms in total. The first-order valence-corrected chi connectivity index (χ1v) is 12.0. The summed E-state index contributed by atoms with van der Waals surface area (Å²) in [6.45, 7) is 0. The van der Waals surface area contributed by atoms with Crippen molar-refractivity contribution < 1.29 is 14.9 Å². The van der Waals surface area contributed by atoms with Gasteiger partial charge in [-0.2, -0.15) is 0 Å². The van der Waals surface area contributed by atoms with Crippen molar-refractivity contribution in [2.24, 2.45) is 0 Å². The molecule has 2 N–H and O–H groups in total. The lowest BCUT2D eigenvalue weighted by atomic mass is 9.78. The molecule has 36 heavy (non-hydrogen) atoms. The third-order valence-electron chi connectivity index (χ3n) is 7.16. The zero-order valence-corrected chi connectivity index (χ0v) is 19.3. The quantitative estimate of drug-likeness (QED) is 0.269. The van der Waals surface area contributed by atoms with Crippen LogP contribution in [0.25, 0.3) is 32.7 Å². The monoisotopic (exact) mass is 466 g/mol. The summed E-state index contributed by atoms with van der Waals surface area (Å²) < 4.78 is 6.45. The number of ether oxygens (including phenoxy) is 1. The van der Waals surface area contributed by atoms with Crippen LogP contribution in [0.4, 0.5) is 0 Å². The Labute approximate surface area is 208 Å². The fourth-order valence-electron chi connectivity index (χ4n) is 5.49. The molecule has 0 saturated heterocycles. The minimum atomic E-state index is -0.149. The molecule has 3 heteroatoms. The van der Waals surface area contributed by atoms with E-state index in [-0.39, 0.29) is 17.4 Å². The average Bonchev–Trinajstić information content (AvgIpc) is 2.92. The van der Waals surface area contributed by atoms with Gasteiger partial charge < -0.3 is 14.9 Å². The summed E-state index contributed by atoms with van der Waals surface area (Å²) in [5.74, 6) is 1.84. The maximum atomic E-state index is 10.4. The van der Waals surface area contributed by atoms with Crippen molar-refractivity contribution in [2.45, 2.75) is 5.92 Å². The predicted molar refractivity (Wildman–Crippen MR) is 144 cm³/mol. The first-order chi connectivity index (χ1) is 17.7. The van der Waals surface area contributed by atoms with Gasteiger partial charge in [0, 0.05) is 17.0 Å². The van der Waals surface area contributed by atoms with E-state index in [1.807, 2.05) is 66.7 Å². The average molecular weight is 467 g/mol. The third-order valence-corrected chi connectivity index (χ3v) is 7.16. The molecule has 0 spiro atoms. The van der Waals surface area contributed by atoms with Crippen LogP contribution < -0.4 is 4.74 Å². The SMILES string of the molecule is Oc1ccc2ccc3c(c2c1)C(c1ccc(-c2ccccc2)cc1)c1c(ccc2ccc(O)cc12)O3. The van der Waals surface area contributed by atoms with Gasteiger partial charge in [-0.3, -0.25) is 0 Å². The van der Waals surface area contributed by atoms with Gasteiger partial charge in [-0.1, -0.05) is 78.9 Å². The Kier molecular flexibility index (Phi) is 4.52. The maximum absolute atomic E-state index is 10.4. The van der Waals surface area contributed by atoms with E-state index in [1.165, 1.54) is 5.56 Å². The number of phenolic OH excluding ortho intramolecular Hbond substituents is 2. The minimum absolute atomic E-state index is 0.149. The van der Waals surface area contributed by atoms with E-state index in [0.29, 0.717) is 0 Å². The topological polar surface area (TPSA) is 49.7 Å². The van der Waals surface area contributed by atoms with E-state index < -0.39 is 0 Å². The molecule has 0 aliphatic carbocycles. The molecule has 0 aromatic heterocycles. The molecule has 1 aliphatic heterocycles. The van der Waals surface area contributed by atoms with Gasteiger partial charge in [0.1, 0.15) is 23.0 Å². The lowest BCUT2D eigenvalue weighted by molar-refractivity contribution is 0.455. The number of rotatable bonds is 2. The van der Waals surface area contributed by atoms with Crippen LogP contribution in [0.1, 0.15) is 22.6 Å². The largest absolute Gasteiger partial charge is 0.508 e. The zero-order valence-electron chi connectivity index (χ0n) is 19.3. The van der Waals surface area contributed by atoms with Crippen LogP contribution >= 0.6 is 0 Å². The lowest BCUT2D eigenvalue weighted by Gasteiger charge is -2.31. The Morgan fingerprint density at radius 2 is 1.00 bits per heavy atom. The highest BCUT2D eigenvalue weighted by atomic mass is 16.5. The van der Waals surface area contributed by atoms with Crippen LogP contribution in [-0.2, 0) is 0 Å². The molecule has 6 aromatic carbocycles. The summed E-state index contributed by atoms with van der Waals surface area (Å²) >= 11 is 0. The smallest absolute Gasteiger partial charge is 0.132 e. The van der Waals surface area contributed by atoms with Crippen LogP contribution in [0.5, 0.6) is 23.0 Å². The van der Waals surface area contributed by atoms with Gasteiger partial charge in [0.15, 0.2) is 0 Å². The standard InChI is InChI=1S/C33H22O3/c34-25-14-10-22-12-16-29-32(27(22)18-25)31(24-8-6-21(7-9-24)20-4-2-1-3-5-20)33-28-19-26(35)15-11-23(28)13-17-30(33)36-29/h1-19,31,34-35H. The van der Waals surface area contributed by atoms with Gasteiger partial charge in [0.2, 0.25) is 0 Å². The lowest BCUT2D eigenvalue weighted by Crippen LogP contribution is -2.13. The zero-order chi connectivity index (χ0) is 24.2. The molecule has 7 rings (SSSR count). The minimum Gasteiger partial charge on any atom is -0.508 e. The van der Waals surface area contributed by atoms with Crippen LogP contribution in [0.3, 0.4) is 0 Å². The van der Waals surface area contributed by atoms with E-state index in [4.69, 9.17) is 4.74 Å². The summed E-state index contributed by atoms with van der Waals surface area (Å²) in [5.41, 5.74) is 5.46. The molecule has 0 radical (unpaired) electrons. The molecule has 0 fully saturated rings. The first-order valence-electron chi connectivity index (χ1n) is 12.0. The van der Waals surface area contributed by atoms with Gasteiger partial charge in [0.05, 0.1) is 0 Å². The maximum Gasteiger partial charge on any atom is 0.132 e. The number of benzene rings is 6. The van der Waals surface area contributed by atoms with Gasteiger partial charge >= 0.3 is 0 Å². The summed E-state index contributed by atoms with van der Waals surface area (Å²) in [6.07, 6.45) is 0. The Hall–Kier alpha value is -4.76. The Balaban J connectivity index is 1.53. The molecule has 6 aromatic rings. The summed E-state index contributed by atoms with van der Waals surface area (Å²) in [5, 5.41) is 24.7. The van der Waals surface area contributed by atoms with Crippen molar-refractivity contribution in [1.29, 1.82) is 0 Å². The van der Waals surface area contributed by atoms with E-state index in [0.717, 1.165) is 55.3 Å². The van der Waals surface area contributed by atoms with E-state index >= 15 is 0 Å². The molecule has 0 unspecified atom stereocenters. The van der Waals surface area contributed by atoms with Crippen molar-refractivity contribution in [3.63, 3.8) is 0 Å². The Morgan fingerprint density at radius 3 is 1.56 bits per heavy atom. The fourth-order valence-corrected chi connectivity index (χ4v) is 5.49. The third kappa shape index (κ3) is 3.21. The molecule has 172 valence electrons. The number of phenols is 2. The summed E-state index contributed by atoms with van der Waals surface area (Å²) in [6, 6.07) is 38.0. The van der Waals surface area contributed by atoms with E-state index in [2.05, 4.69) is 36.4 Å². The van der Waals surface area contributed by atoms with Gasteiger partial charge in [-0.05, 0) is 74.6 Å². The van der Waals surface area contributed by atoms with Crippen LogP contribution in [0.2, 0.25) is 0 Å². The summed E-state index contributed by atoms with van der Waals surface area (Å²) in [4.78, 5) is 0. The molecule has 1 aliphatic rings. The van der Waals surface area contributed by atoms with Gasteiger partial charge in [0.25, 0.3) is 0 Å². The van der Waals surface area contributed by atoms with Gasteiger partial charge in [-0.25, -0.2) is 0 Å². The molecule has 0 atom stereocenters. The Morgan fingerprint density at radius 1 is 0.500 bits per heavy atom. The fraction of sp³-hybridized carbons (Fsp3) is 0.0303. The first kappa shape index (κ1) is 20.6. The highest BCUT2D eigenvalue weighted by Crippen LogP contribution is 2.52. The van der Waals surface area contributed by atoms with Crippen molar-refractivity contribution in [3.05, 3.63) is 132 Å². The van der Waals surface area contributed by atoms with Crippen LogP contribution in [-0.4, -0.2) is 10.2 Å². The van der Waals surface area contributed by atoms with Gasteiger partial charge in [-0.15, -0.1) is 0 Å². The molecular weight excluding hydrogens is 444 g/mol. The second kappa shape index (κ2) is 7.89. The highest BCUT2D eigenvalue weighted by Gasteiger charge is 2.32. The Bertz CT molecular complexity index is 1680. The highest BCUT2D eigenvalue weighted by molar-refractivity contribution is 5.96. The van der Waals surface area contributed by atoms with Crippen molar-refractivity contribution in [2.75, 3.05) is 0 Å². The molecule has 0 bridgehead atoms. The number of hydrogen-bond acceptors (Lipinski definition) is 3. The second-order valence-corrected chi connectivity index (χ2v) is 9.29. The molecule has 0 saturated carbocycles. The number of hydrogen-bond donors (Lipinski definition) is 2. The molecule has 0 amide bonds. The van der Waals surface area contributed by atoms with E-state index in [1.54, 1.807) is 12.1 Å². The van der Waals surface area contributed by atoms with Crippen molar-refractivity contribution in [3.8, 4) is 34.1 Å². The second-order valence-electron chi connectivity index (χ2n) is 9.29. The van der Waals surface area contributed by atoms with Crippen molar-refractivity contribution in [1.82, 2.24) is 0 Å². The number of aromatic hydroxyl groups is 2. The van der Waals surface area contributed by atoms with Crippen LogP contribution in [0, 0.1) is 0 Å². The normalized spacial score (nSPS) is 12.8. The van der Waals surface area contributed by atoms with Crippen LogP contribution in [0.15, 0.2) is 115 Å². The van der Waals surface area contributed by atoms with E-state index in [9.17, 15) is 10.2 Å². The number of fused-ring (bicyclic) bond motifs is 6. The van der Waals surface area contributed by atoms with Crippen molar-refractivity contribution >= 4 is 21.5 Å². The predicted octanol–water partition coefficient (Wildman–Crippen LogP) is 8.36. The molecular formula is C33H22O3. The molecule has 1 heterocycles. The summed E-state index contributed by atoms with van der Waals surface area (Å²) in [7, 11) is 0.